The van der Waals surface area contributed by atoms with E-state index in [-0.39, 0.29) is 30.7 Å². The van der Waals surface area contributed by atoms with Crippen LogP contribution >= 0.6 is 0 Å². The van der Waals surface area contributed by atoms with Gasteiger partial charge in [-0.15, -0.1) is 0 Å². The van der Waals surface area contributed by atoms with Crippen molar-refractivity contribution in [2.45, 2.75) is 32.9 Å². The van der Waals surface area contributed by atoms with Gasteiger partial charge >= 0.3 is 0 Å². The van der Waals surface area contributed by atoms with Gasteiger partial charge in [-0.25, -0.2) is 9.97 Å². The number of carbonyl (C=O) groups is 3. The van der Waals surface area contributed by atoms with Gasteiger partial charge < -0.3 is 4.90 Å². The van der Waals surface area contributed by atoms with Crippen molar-refractivity contribution in [2.24, 2.45) is 0 Å². The molecule has 3 aromatic rings. The number of rotatable bonds is 4. The van der Waals surface area contributed by atoms with Crippen molar-refractivity contribution in [1.82, 2.24) is 19.8 Å². The lowest BCUT2D eigenvalue weighted by atomic mass is 10.1. The van der Waals surface area contributed by atoms with Gasteiger partial charge in [-0.05, 0) is 37.6 Å². The molecular weight excluding hydrogens is 380 g/mol. The third-order valence-electron chi connectivity index (χ3n) is 5.51. The van der Waals surface area contributed by atoms with Crippen LogP contribution in [0.3, 0.4) is 0 Å². The maximum absolute atomic E-state index is 13.0. The van der Waals surface area contributed by atoms with Crippen molar-refractivity contribution < 1.29 is 14.4 Å². The first kappa shape index (κ1) is 19.7. The smallest absolute Gasteiger partial charge is 0.254 e. The van der Waals surface area contributed by atoms with Gasteiger partial charge in [0.15, 0.2) is 0 Å². The number of hydrogen-bond donors (Lipinski definition) is 0. The van der Waals surface area contributed by atoms with E-state index in [4.69, 9.17) is 0 Å². The van der Waals surface area contributed by atoms with Crippen LogP contribution in [0.25, 0.3) is 11.0 Å². The predicted octanol–water partition coefficient (Wildman–Crippen LogP) is 2.65. The second kappa shape index (κ2) is 7.67. The number of benzene rings is 2. The molecule has 2 aromatic carbocycles. The van der Waals surface area contributed by atoms with Crippen molar-refractivity contribution in [1.29, 1.82) is 0 Å². The lowest BCUT2D eigenvalue weighted by Gasteiger charge is -2.23. The monoisotopic (exact) mass is 402 g/mol. The molecule has 0 radical (unpaired) electrons. The first-order chi connectivity index (χ1) is 14.3. The zero-order valence-corrected chi connectivity index (χ0v) is 17.1. The highest BCUT2D eigenvalue weighted by molar-refractivity contribution is 6.08. The third-order valence-corrected chi connectivity index (χ3v) is 5.51. The SMILES string of the molecule is Cc1nc2ccc(C(=O)N(C)[C@H]3CC(=O)N(Cc4ccccc4)C3=O)cc2nc1C. The minimum Gasteiger partial charge on any atom is -0.329 e. The van der Waals surface area contributed by atoms with Gasteiger partial charge in [0.1, 0.15) is 6.04 Å². The highest BCUT2D eigenvalue weighted by Crippen LogP contribution is 2.23. The maximum Gasteiger partial charge on any atom is 0.254 e. The Balaban J connectivity index is 1.55. The van der Waals surface area contributed by atoms with Crippen LogP contribution in [-0.4, -0.2) is 50.6 Å². The summed E-state index contributed by atoms with van der Waals surface area (Å²) < 4.78 is 0. The Morgan fingerprint density at radius 3 is 2.40 bits per heavy atom. The summed E-state index contributed by atoms with van der Waals surface area (Å²) in [5.74, 6) is -0.958. The van der Waals surface area contributed by atoms with Crippen LogP contribution in [0.5, 0.6) is 0 Å². The van der Waals surface area contributed by atoms with Gasteiger partial charge in [0.05, 0.1) is 35.4 Å². The minimum absolute atomic E-state index is 0.0143. The van der Waals surface area contributed by atoms with E-state index in [9.17, 15) is 14.4 Å². The van der Waals surface area contributed by atoms with E-state index in [1.807, 2.05) is 44.2 Å². The lowest BCUT2D eigenvalue weighted by Crippen LogP contribution is -2.42. The van der Waals surface area contributed by atoms with Crippen LogP contribution in [0.4, 0.5) is 0 Å². The number of likely N-dealkylation sites (N-methyl/N-ethyl adjacent to an activating group) is 1. The van der Waals surface area contributed by atoms with E-state index in [0.717, 1.165) is 17.0 Å². The molecule has 1 aromatic heterocycles. The van der Waals surface area contributed by atoms with Gasteiger partial charge in [0.2, 0.25) is 5.91 Å². The Labute approximate surface area is 174 Å². The van der Waals surface area contributed by atoms with E-state index in [1.54, 1.807) is 25.2 Å². The lowest BCUT2D eigenvalue weighted by molar-refractivity contribution is -0.140. The molecule has 152 valence electrons. The third kappa shape index (κ3) is 3.54. The molecular formula is C23H22N4O3. The van der Waals surface area contributed by atoms with Gasteiger partial charge in [-0.3, -0.25) is 19.3 Å². The average molecular weight is 402 g/mol. The number of imide groups is 1. The quantitative estimate of drug-likeness (QED) is 0.627. The molecule has 3 amide bonds. The molecule has 1 atom stereocenters. The molecule has 1 aliphatic rings. The number of likely N-dealkylation sites (tertiary alicyclic amines) is 1. The summed E-state index contributed by atoms with van der Waals surface area (Å²) in [6, 6.07) is 13.6. The number of hydrogen-bond acceptors (Lipinski definition) is 5. The summed E-state index contributed by atoms with van der Waals surface area (Å²) in [4.78, 5) is 49.9. The molecule has 1 saturated heterocycles. The first-order valence-electron chi connectivity index (χ1n) is 9.75. The summed E-state index contributed by atoms with van der Waals surface area (Å²) in [5, 5.41) is 0. The summed E-state index contributed by atoms with van der Waals surface area (Å²) >= 11 is 0. The molecule has 4 rings (SSSR count). The topological polar surface area (TPSA) is 83.5 Å². The zero-order valence-electron chi connectivity index (χ0n) is 17.1. The van der Waals surface area contributed by atoms with E-state index in [2.05, 4.69) is 9.97 Å². The van der Waals surface area contributed by atoms with Crippen LogP contribution < -0.4 is 0 Å². The van der Waals surface area contributed by atoms with Crippen molar-refractivity contribution in [3.63, 3.8) is 0 Å². The van der Waals surface area contributed by atoms with Crippen LogP contribution in [-0.2, 0) is 16.1 Å². The Hall–Kier alpha value is -3.61. The van der Waals surface area contributed by atoms with Crippen LogP contribution in [0.1, 0.15) is 33.7 Å². The summed E-state index contributed by atoms with van der Waals surface area (Å²) in [5.41, 5.74) is 4.24. The minimum atomic E-state index is -0.810. The molecule has 30 heavy (non-hydrogen) atoms. The van der Waals surface area contributed by atoms with Gasteiger partial charge in [0, 0.05) is 12.6 Å². The van der Waals surface area contributed by atoms with Gasteiger partial charge in [0.25, 0.3) is 11.8 Å². The van der Waals surface area contributed by atoms with Crippen molar-refractivity contribution in [3.05, 3.63) is 71.0 Å². The molecule has 0 unspecified atom stereocenters. The van der Waals surface area contributed by atoms with E-state index < -0.39 is 6.04 Å². The first-order valence-corrected chi connectivity index (χ1v) is 9.75. The highest BCUT2D eigenvalue weighted by atomic mass is 16.2. The van der Waals surface area contributed by atoms with Gasteiger partial charge in [-0.1, -0.05) is 30.3 Å². The molecule has 1 fully saturated rings. The average Bonchev–Trinajstić information content (AvgIpc) is 3.02. The van der Waals surface area contributed by atoms with Gasteiger partial charge in [-0.2, -0.15) is 0 Å². The number of fused-ring (bicyclic) bond motifs is 1. The van der Waals surface area contributed by atoms with Crippen molar-refractivity contribution in [3.8, 4) is 0 Å². The molecule has 0 bridgehead atoms. The van der Waals surface area contributed by atoms with Crippen LogP contribution in [0.2, 0.25) is 0 Å². The fourth-order valence-corrected chi connectivity index (χ4v) is 3.61. The van der Waals surface area contributed by atoms with E-state index in [1.165, 1.54) is 9.80 Å². The largest absolute Gasteiger partial charge is 0.329 e. The Morgan fingerprint density at radius 1 is 1.03 bits per heavy atom. The highest BCUT2D eigenvalue weighted by Gasteiger charge is 2.42. The molecule has 0 N–H and O–H groups in total. The molecule has 0 spiro atoms. The molecule has 2 heterocycles. The van der Waals surface area contributed by atoms with Crippen LogP contribution in [0, 0.1) is 13.8 Å². The maximum atomic E-state index is 13.0. The molecule has 7 heteroatoms. The molecule has 1 aliphatic heterocycles. The number of aromatic nitrogens is 2. The van der Waals surface area contributed by atoms with Crippen LogP contribution in [0.15, 0.2) is 48.5 Å². The fraction of sp³-hybridized carbons (Fsp3) is 0.261. The molecule has 0 saturated carbocycles. The second-order valence-electron chi connectivity index (χ2n) is 7.54. The summed E-state index contributed by atoms with van der Waals surface area (Å²) in [6.45, 7) is 3.96. The standard InChI is InChI=1S/C23H22N4O3/c1-14-15(2)25-19-11-17(9-10-18(19)24-14)22(29)26(3)20-12-21(28)27(23(20)30)13-16-7-5-4-6-8-16/h4-11,20H,12-13H2,1-3H3/t20-/m0/s1. The van der Waals surface area contributed by atoms with Crippen molar-refractivity contribution >= 4 is 28.8 Å². The zero-order chi connectivity index (χ0) is 21.4. The Bertz CT molecular complexity index is 1160. The molecule has 7 nitrogen and oxygen atoms in total. The second-order valence-corrected chi connectivity index (χ2v) is 7.54. The normalized spacial score (nSPS) is 16.4. The number of nitrogens with zero attached hydrogens (tertiary/aromatic N) is 4. The number of carbonyl (C=O) groups excluding carboxylic acids is 3. The number of amides is 3. The fourth-order valence-electron chi connectivity index (χ4n) is 3.61. The molecule has 0 aliphatic carbocycles. The predicted molar refractivity (Wildman–Crippen MR) is 112 cm³/mol. The summed E-state index contributed by atoms with van der Waals surface area (Å²) in [7, 11) is 1.56. The number of aryl methyl sites for hydroxylation is 2. The van der Waals surface area contributed by atoms with E-state index >= 15 is 0 Å². The summed E-state index contributed by atoms with van der Waals surface area (Å²) in [6.07, 6.45) is -0.0143. The Morgan fingerprint density at radius 2 is 1.70 bits per heavy atom. The van der Waals surface area contributed by atoms with Crippen molar-refractivity contribution in [2.75, 3.05) is 7.05 Å². The Kier molecular flexibility index (Phi) is 5.03. The van der Waals surface area contributed by atoms with E-state index in [0.29, 0.717) is 16.6 Å².